The number of fused-ring (bicyclic) bond motifs is 1. The van der Waals surface area contributed by atoms with E-state index in [0.717, 1.165) is 30.7 Å². The van der Waals surface area contributed by atoms with Crippen LogP contribution in [0.2, 0.25) is 0 Å². The molecule has 0 fully saturated rings. The van der Waals surface area contributed by atoms with Crippen molar-refractivity contribution in [1.29, 1.82) is 0 Å². The highest BCUT2D eigenvalue weighted by Crippen LogP contribution is 2.28. The Bertz CT molecular complexity index is 630. The van der Waals surface area contributed by atoms with Crippen molar-refractivity contribution in [2.24, 2.45) is 5.73 Å². The maximum atomic E-state index is 6.18. The molecular formula is C17H24N4. The molecule has 4 heteroatoms. The summed E-state index contributed by atoms with van der Waals surface area (Å²) in [6.45, 7) is 4.24. The predicted octanol–water partition coefficient (Wildman–Crippen LogP) is 3.12. The van der Waals surface area contributed by atoms with E-state index in [-0.39, 0.29) is 6.04 Å². The average Bonchev–Trinajstić information content (AvgIpc) is 2.97. The van der Waals surface area contributed by atoms with Gasteiger partial charge in [-0.3, -0.25) is 0 Å². The van der Waals surface area contributed by atoms with Crippen LogP contribution in [-0.4, -0.2) is 15.0 Å². The number of nitrogens with zero attached hydrogens (tertiary/aromatic N) is 3. The summed E-state index contributed by atoms with van der Waals surface area (Å²) in [6, 6.07) is 6.53. The molecule has 112 valence electrons. The first-order valence-corrected chi connectivity index (χ1v) is 8.07. The number of aryl methyl sites for hydroxylation is 1. The summed E-state index contributed by atoms with van der Waals surface area (Å²) >= 11 is 0. The summed E-state index contributed by atoms with van der Waals surface area (Å²) in [4.78, 5) is 0. The molecule has 2 aromatic rings. The number of nitrogens with two attached hydrogens (primary N) is 1. The third-order valence-electron chi connectivity index (χ3n) is 4.52. The first-order valence-electron chi connectivity index (χ1n) is 8.07. The second-order valence-corrected chi connectivity index (χ2v) is 5.82. The molecule has 0 bridgehead atoms. The molecule has 1 atom stereocenters. The van der Waals surface area contributed by atoms with Crippen molar-refractivity contribution in [3.05, 3.63) is 40.7 Å². The Hall–Kier alpha value is -1.68. The van der Waals surface area contributed by atoms with Gasteiger partial charge in [-0.05, 0) is 55.7 Å². The second-order valence-electron chi connectivity index (χ2n) is 5.82. The lowest BCUT2D eigenvalue weighted by Gasteiger charge is -2.20. The minimum Gasteiger partial charge on any atom is -0.323 e. The lowest BCUT2D eigenvalue weighted by atomic mass is 9.90. The average molecular weight is 284 g/mol. The Morgan fingerprint density at radius 2 is 2.05 bits per heavy atom. The van der Waals surface area contributed by atoms with Crippen LogP contribution < -0.4 is 5.73 Å². The largest absolute Gasteiger partial charge is 0.323 e. The van der Waals surface area contributed by atoms with Crippen LogP contribution in [0.1, 0.15) is 61.7 Å². The van der Waals surface area contributed by atoms with Gasteiger partial charge < -0.3 is 5.73 Å². The van der Waals surface area contributed by atoms with E-state index >= 15 is 0 Å². The van der Waals surface area contributed by atoms with Crippen molar-refractivity contribution in [2.45, 2.75) is 58.4 Å². The van der Waals surface area contributed by atoms with Gasteiger partial charge in [-0.1, -0.05) is 31.2 Å². The summed E-state index contributed by atoms with van der Waals surface area (Å²) in [5.74, 6) is 0. The Morgan fingerprint density at radius 3 is 2.81 bits per heavy atom. The van der Waals surface area contributed by atoms with Crippen LogP contribution in [0.3, 0.4) is 0 Å². The molecule has 4 nitrogen and oxygen atoms in total. The van der Waals surface area contributed by atoms with Gasteiger partial charge in [-0.2, -0.15) is 0 Å². The summed E-state index contributed by atoms with van der Waals surface area (Å²) in [5, 5.41) is 8.79. The highest BCUT2D eigenvalue weighted by Gasteiger charge is 2.20. The summed E-state index contributed by atoms with van der Waals surface area (Å²) in [5.41, 5.74) is 12.4. The Labute approximate surface area is 126 Å². The minimum absolute atomic E-state index is 0.0201. The zero-order chi connectivity index (χ0) is 14.8. The Balaban J connectivity index is 2.11. The van der Waals surface area contributed by atoms with Gasteiger partial charge in [0, 0.05) is 0 Å². The Kier molecular flexibility index (Phi) is 4.06. The highest BCUT2D eigenvalue weighted by molar-refractivity contribution is 5.48. The van der Waals surface area contributed by atoms with Crippen LogP contribution in [-0.2, 0) is 19.3 Å². The fourth-order valence-corrected chi connectivity index (χ4v) is 3.28. The normalized spacial score (nSPS) is 15.8. The van der Waals surface area contributed by atoms with Gasteiger partial charge in [-0.25, -0.2) is 4.68 Å². The summed E-state index contributed by atoms with van der Waals surface area (Å²) in [7, 11) is 0. The van der Waals surface area contributed by atoms with E-state index in [1.54, 1.807) is 0 Å². The van der Waals surface area contributed by atoms with Crippen LogP contribution in [0, 0.1) is 0 Å². The van der Waals surface area contributed by atoms with E-state index < -0.39 is 0 Å². The highest BCUT2D eigenvalue weighted by atomic mass is 15.4. The zero-order valence-corrected chi connectivity index (χ0v) is 13.0. The van der Waals surface area contributed by atoms with Crippen LogP contribution in [0.5, 0.6) is 0 Å². The number of hydrogen-bond donors (Lipinski definition) is 1. The van der Waals surface area contributed by atoms with Gasteiger partial charge in [0.1, 0.15) is 5.69 Å². The van der Waals surface area contributed by atoms with Gasteiger partial charge in [0.05, 0.1) is 17.4 Å². The first kappa shape index (κ1) is 14.3. The first-order chi connectivity index (χ1) is 10.3. The number of aromatic nitrogens is 3. The van der Waals surface area contributed by atoms with E-state index in [9.17, 15) is 0 Å². The number of benzene rings is 1. The zero-order valence-electron chi connectivity index (χ0n) is 13.0. The van der Waals surface area contributed by atoms with Crippen molar-refractivity contribution in [3.8, 4) is 5.69 Å². The standard InChI is InChI=1S/C17H24N4/c1-3-14(18)17-15(4-2)21(20-19-17)16-11-7-9-12-8-5-6-10-13(12)16/h7,9,11,14H,3-6,8,10,18H2,1-2H3. The molecule has 1 unspecified atom stereocenters. The molecule has 1 aromatic carbocycles. The smallest absolute Gasteiger partial charge is 0.103 e. The second kappa shape index (κ2) is 5.98. The fraction of sp³-hybridized carbons (Fsp3) is 0.529. The number of hydrogen-bond acceptors (Lipinski definition) is 3. The van der Waals surface area contributed by atoms with E-state index in [2.05, 4.69) is 42.4 Å². The molecule has 0 saturated carbocycles. The molecular weight excluding hydrogens is 260 g/mol. The third kappa shape index (κ3) is 2.48. The van der Waals surface area contributed by atoms with E-state index in [1.165, 1.54) is 36.1 Å². The lowest BCUT2D eigenvalue weighted by molar-refractivity contribution is 0.665. The molecule has 2 N–H and O–H groups in total. The molecule has 1 heterocycles. The fourth-order valence-electron chi connectivity index (χ4n) is 3.28. The molecule has 1 aliphatic rings. The maximum absolute atomic E-state index is 6.18. The van der Waals surface area contributed by atoms with Crippen molar-refractivity contribution in [2.75, 3.05) is 0 Å². The van der Waals surface area contributed by atoms with Crippen LogP contribution in [0.25, 0.3) is 5.69 Å². The molecule has 0 amide bonds. The van der Waals surface area contributed by atoms with Crippen molar-refractivity contribution < 1.29 is 0 Å². The molecule has 1 aromatic heterocycles. The third-order valence-corrected chi connectivity index (χ3v) is 4.52. The molecule has 3 rings (SSSR count). The molecule has 0 saturated heterocycles. The van der Waals surface area contributed by atoms with Gasteiger partial charge in [0.15, 0.2) is 0 Å². The minimum atomic E-state index is -0.0201. The molecule has 21 heavy (non-hydrogen) atoms. The molecule has 0 aliphatic heterocycles. The van der Waals surface area contributed by atoms with Crippen molar-refractivity contribution in [3.63, 3.8) is 0 Å². The Morgan fingerprint density at radius 1 is 1.24 bits per heavy atom. The quantitative estimate of drug-likeness (QED) is 0.938. The summed E-state index contributed by atoms with van der Waals surface area (Å²) in [6.07, 6.45) is 6.67. The number of rotatable bonds is 4. The molecule has 1 aliphatic carbocycles. The van der Waals surface area contributed by atoms with E-state index in [4.69, 9.17) is 5.73 Å². The predicted molar refractivity (Wildman–Crippen MR) is 84.6 cm³/mol. The molecule has 0 radical (unpaired) electrons. The van der Waals surface area contributed by atoms with Crippen molar-refractivity contribution >= 4 is 0 Å². The SMILES string of the molecule is CCc1c(C(N)CC)nnn1-c1cccc2c1CCCC2. The van der Waals surface area contributed by atoms with Gasteiger partial charge in [-0.15, -0.1) is 5.10 Å². The van der Waals surface area contributed by atoms with E-state index in [1.807, 2.05) is 4.68 Å². The van der Waals surface area contributed by atoms with Crippen LogP contribution in [0.4, 0.5) is 0 Å². The van der Waals surface area contributed by atoms with Crippen LogP contribution >= 0.6 is 0 Å². The topological polar surface area (TPSA) is 56.7 Å². The van der Waals surface area contributed by atoms with E-state index in [0.29, 0.717) is 0 Å². The lowest BCUT2D eigenvalue weighted by Crippen LogP contribution is -2.14. The van der Waals surface area contributed by atoms with Crippen LogP contribution in [0.15, 0.2) is 18.2 Å². The van der Waals surface area contributed by atoms with Gasteiger partial charge in [0.25, 0.3) is 0 Å². The maximum Gasteiger partial charge on any atom is 0.103 e. The molecule has 0 spiro atoms. The monoisotopic (exact) mass is 284 g/mol. The van der Waals surface area contributed by atoms with Gasteiger partial charge in [0.2, 0.25) is 0 Å². The van der Waals surface area contributed by atoms with Crippen molar-refractivity contribution in [1.82, 2.24) is 15.0 Å². The summed E-state index contributed by atoms with van der Waals surface area (Å²) < 4.78 is 2.02. The van der Waals surface area contributed by atoms with Gasteiger partial charge >= 0.3 is 0 Å².